The van der Waals surface area contributed by atoms with Crippen molar-refractivity contribution >= 4 is 12.9 Å². The fourth-order valence-corrected chi connectivity index (χ4v) is 5.94. The van der Waals surface area contributed by atoms with Crippen LogP contribution in [0.3, 0.4) is 0 Å². The van der Waals surface area contributed by atoms with Gasteiger partial charge in [-0.3, -0.25) is 4.79 Å². The van der Waals surface area contributed by atoms with Gasteiger partial charge in [-0.2, -0.15) is 0 Å². The summed E-state index contributed by atoms with van der Waals surface area (Å²) in [7, 11) is 0. The molecule has 4 atom stereocenters. The Morgan fingerprint density at radius 2 is 1.69 bits per heavy atom. The Kier molecular flexibility index (Phi) is 8.00. The summed E-state index contributed by atoms with van der Waals surface area (Å²) < 4.78 is 30.7. The van der Waals surface area contributed by atoms with Crippen molar-refractivity contribution in [1.82, 2.24) is 4.81 Å². The Bertz CT molecular complexity index is 587. The first-order chi connectivity index (χ1) is 13.9. The molecular weight excluding hydrogens is 373 g/mol. The first-order valence-corrected chi connectivity index (χ1v) is 12.0. The molecule has 0 bridgehead atoms. The molecule has 0 spiro atoms. The Balaban J connectivity index is 1.31. The topological polar surface area (TPSA) is 45.0 Å². The molecule has 4 unspecified atom stereocenters. The van der Waals surface area contributed by atoms with Crippen LogP contribution >= 0.6 is 0 Å². The molecule has 0 aromatic heterocycles. The van der Waals surface area contributed by atoms with Gasteiger partial charge in [-0.1, -0.05) is 51.4 Å². The Morgan fingerprint density at radius 3 is 2.34 bits per heavy atom. The monoisotopic (exact) mass is 412 g/mol. The zero-order valence-corrected chi connectivity index (χ0v) is 18.1. The maximum absolute atomic E-state index is 15.3. The summed E-state index contributed by atoms with van der Waals surface area (Å²) in [5, 5.41) is 8.61. The molecular formula is C22H39BF2N2O2. The number of carbonyl (C=O) groups is 1. The molecule has 0 aromatic rings. The third kappa shape index (κ3) is 5.53. The van der Waals surface area contributed by atoms with Gasteiger partial charge in [0.2, 0.25) is 0 Å². The lowest BCUT2D eigenvalue weighted by atomic mass is 9.82. The summed E-state index contributed by atoms with van der Waals surface area (Å²) >= 11 is 0. The predicted octanol–water partition coefficient (Wildman–Crippen LogP) is 4.53. The number of carboxylic acids is 1. The minimum Gasteiger partial charge on any atom is -0.481 e. The van der Waals surface area contributed by atoms with Crippen LogP contribution in [0.2, 0.25) is 0 Å². The minimum atomic E-state index is -3.51. The number of hydrogen-bond acceptors (Lipinski definition) is 2. The van der Waals surface area contributed by atoms with Crippen LogP contribution in [-0.2, 0) is 4.79 Å². The zero-order chi connectivity index (χ0) is 20.9. The number of nitrogens with zero attached hydrogens (tertiary/aromatic N) is 1. The third-order valence-electron chi connectivity index (χ3n) is 7.44. The standard InChI is InChI=1S/C22H39BF2N2O2/c1-18-13-14-20-17-21-16-15-19(27(21)23(24,25)26(18)20)11-9-7-5-3-2-4-6-8-10-12-22(28)29/h17-20,26H,2-16H2,1H3,(H,28,29). The van der Waals surface area contributed by atoms with E-state index in [1.807, 2.05) is 6.92 Å². The third-order valence-corrected chi connectivity index (χ3v) is 7.44. The first-order valence-electron chi connectivity index (χ1n) is 12.0. The molecule has 0 saturated carbocycles. The molecule has 3 rings (SSSR count). The normalized spacial score (nSPS) is 30.2. The summed E-state index contributed by atoms with van der Waals surface area (Å²) in [6.07, 6.45) is 16.8. The molecule has 2 N–H and O–H groups in total. The van der Waals surface area contributed by atoms with E-state index in [4.69, 9.17) is 5.11 Å². The molecule has 3 aliphatic rings. The van der Waals surface area contributed by atoms with Gasteiger partial charge < -0.3 is 23.4 Å². The van der Waals surface area contributed by atoms with Crippen LogP contribution in [0.25, 0.3) is 0 Å². The van der Waals surface area contributed by atoms with Crippen molar-refractivity contribution in [2.45, 2.75) is 121 Å². The number of unbranched alkanes of at least 4 members (excludes halogenated alkanes) is 8. The average Bonchev–Trinajstić information content (AvgIpc) is 3.24. The molecule has 166 valence electrons. The van der Waals surface area contributed by atoms with Gasteiger partial charge in [0, 0.05) is 19.3 Å². The number of rotatable bonds is 12. The van der Waals surface area contributed by atoms with Crippen molar-refractivity contribution in [1.29, 1.82) is 0 Å². The maximum Gasteiger partial charge on any atom is 0.655 e. The number of quaternary nitrogens is 1. The van der Waals surface area contributed by atoms with Crippen molar-refractivity contribution in [3.05, 3.63) is 11.8 Å². The number of allylic oxidation sites excluding steroid dienone is 1. The second-order valence-corrected chi connectivity index (χ2v) is 9.58. The highest BCUT2D eigenvalue weighted by Gasteiger charge is 2.59. The van der Waals surface area contributed by atoms with Crippen molar-refractivity contribution in [2.24, 2.45) is 0 Å². The van der Waals surface area contributed by atoms with Crippen molar-refractivity contribution in [3.8, 4) is 0 Å². The lowest BCUT2D eigenvalue weighted by Crippen LogP contribution is -3.27. The smallest absolute Gasteiger partial charge is 0.481 e. The van der Waals surface area contributed by atoms with Crippen LogP contribution in [0.15, 0.2) is 11.8 Å². The van der Waals surface area contributed by atoms with Gasteiger partial charge in [-0.25, -0.2) is 0 Å². The van der Waals surface area contributed by atoms with Crippen LogP contribution in [0.4, 0.5) is 8.63 Å². The van der Waals surface area contributed by atoms with Gasteiger partial charge in [-0.15, -0.1) is 0 Å². The molecule has 0 amide bonds. The van der Waals surface area contributed by atoms with E-state index in [-0.39, 0.29) is 24.5 Å². The maximum atomic E-state index is 15.3. The van der Waals surface area contributed by atoms with Crippen LogP contribution < -0.4 is 4.81 Å². The molecule has 4 nitrogen and oxygen atoms in total. The lowest BCUT2D eigenvalue weighted by Gasteiger charge is -2.50. The van der Waals surface area contributed by atoms with Gasteiger partial charge >= 0.3 is 12.9 Å². The van der Waals surface area contributed by atoms with E-state index in [2.05, 4.69) is 6.08 Å². The SMILES string of the molecule is CC1CCC2C=C3CCC(CCCCCCCCCCCC(=O)O)N3[B-](F)(F)[NH+]12. The molecule has 0 aromatic carbocycles. The quantitative estimate of drug-likeness (QED) is 0.366. The summed E-state index contributed by atoms with van der Waals surface area (Å²) in [4.78, 5) is 12.6. The number of hydrogen-bond donors (Lipinski definition) is 2. The van der Waals surface area contributed by atoms with Crippen molar-refractivity contribution in [2.75, 3.05) is 0 Å². The summed E-state index contributed by atoms with van der Waals surface area (Å²) in [5.74, 6) is -0.699. The zero-order valence-electron chi connectivity index (χ0n) is 18.1. The van der Waals surface area contributed by atoms with Crippen LogP contribution in [0.5, 0.6) is 0 Å². The van der Waals surface area contributed by atoms with Gasteiger partial charge in [0.25, 0.3) is 0 Å². The van der Waals surface area contributed by atoms with Crippen LogP contribution in [0, 0.1) is 0 Å². The van der Waals surface area contributed by atoms with Crippen LogP contribution in [-0.4, -0.2) is 41.0 Å². The Labute approximate surface area is 174 Å². The summed E-state index contributed by atoms with van der Waals surface area (Å²) in [5.41, 5.74) is 0.936. The molecule has 3 heterocycles. The van der Waals surface area contributed by atoms with E-state index in [1.165, 1.54) is 25.7 Å². The average molecular weight is 412 g/mol. The summed E-state index contributed by atoms with van der Waals surface area (Å²) in [6.45, 7) is -1.52. The summed E-state index contributed by atoms with van der Waals surface area (Å²) in [6, 6.07) is 0.138. The molecule has 2 saturated heterocycles. The first kappa shape index (κ1) is 22.6. The van der Waals surface area contributed by atoms with Gasteiger partial charge in [0.15, 0.2) is 0 Å². The number of halogens is 2. The largest absolute Gasteiger partial charge is 0.655 e. The molecule has 29 heavy (non-hydrogen) atoms. The van der Waals surface area contributed by atoms with E-state index in [0.717, 1.165) is 69.9 Å². The molecule has 2 fully saturated rings. The molecule has 0 radical (unpaired) electrons. The molecule has 7 heteroatoms. The second kappa shape index (κ2) is 10.3. The number of nitrogens with one attached hydrogen (secondary N) is 1. The number of fused-ring (bicyclic) bond motifs is 2. The highest BCUT2D eigenvalue weighted by atomic mass is 19.2. The molecule has 0 aliphatic carbocycles. The van der Waals surface area contributed by atoms with Crippen molar-refractivity contribution in [3.63, 3.8) is 0 Å². The highest BCUT2D eigenvalue weighted by Crippen LogP contribution is 2.38. The van der Waals surface area contributed by atoms with E-state index < -0.39 is 12.9 Å². The predicted molar refractivity (Wildman–Crippen MR) is 113 cm³/mol. The number of carboxylic acid groups (broad SMARTS) is 1. The lowest BCUT2D eigenvalue weighted by molar-refractivity contribution is -0.847. The van der Waals surface area contributed by atoms with Gasteiger partial charge in [0.05, 0.1) is 12.1 Å². The molecule has 3 aliphatic heterocycles. The van der Waals surface area contributed by atoms with Gasteiger partial charge in [-0.05, 0) is 50.4 Å². The minimum absolute atomic E-state index is 0.0340. The fourth-order valence-electron chi connectivity index (χ4n) is 5.94. The Morgan fingerprint density at radius 1 is 1.07 bits per heavy atom. The van der Waals surface area contributed by atoms with E-state index in [9.17, 15) is 4.79 Å². The van der Waals surface area contributed by atoms with Gasteiger partial charge in [0.1, 0.15) is 0 Å². The van der Waals surface area contributed by atoms with E-state index in [0.29, 0.717) is 4.81 Å². The fraction of sp³-hybridized carbons (Fsp3) is 0.864. The van der Waals surface area contributed by atoms with E-state index in [1.54, 1.807) is 4.81 Å². The highest BCUT2D eigenvalue weighted by molar-refractivity contribution is 6.55. The van der Waals surface area contributed by atoms with Crippen molar-refractivity contribution < 1.29 is 23.3 Å². The number of aliphatic carboxylic acids is 1. The van der Waals surface area contributed by atoms with E-state index >= 15 is 8.63 Å². The van der Waals surface area contributed by atoms with Crippen LogP contribution in [0.1, 0.15) is 103 Å². The second-order valence-electron chi connectivity index (χ2n) is 9.58. The Hall–Kier alpha value is -1.11.